The minimum atomic E-state index is -1.46. The number of carbonyl (C=O) groups is 4. The van der Waals surface area contributed by atoms with E-state index < -0.39 is 77.4 Å². The summed E-state index contributed by atoms with van der Waals surface area (Å²) >= 11 is 0. The summed E-state index contributed by atoms with van der Waals surface area (Å²) in [6.45, 7) is 13.9. The van der Waals surface area contributed by atoms with E-state index in [4.69, 9.17) is 33.5 Å². The fraction of sp³-hybridized carbons (Fsp3) is 0.750. The lowest BCUT2D eigenvalue weighted by molar-refractivity contribution is -0.170. The molecule has 44 heavy (non-hydrogen) atoms. The highest BCUT2D eigenvalue weighted by atomic mass is 16.7. The second-order valence-corrected chi connectivity index (χ2v) is 12.6. The highest BCUT2D eigenvalue weighted by Crippen LogP contribution is 2.30. The van der Waals surface area contributed by atoms with Gasteiger partial charge in [-0.25, -0.2) is 14.4 Å². The fourth-order valence-electron chi connectivity index (χ4n) is 4.09. The SMILES string of the molecule is CC(=O)NC1C(N/C(=N\C(=O)OC(C)(C)C)NC(=O)OC(C)(C)C)C=C(C(=O)OCCCO)OC1C(O)C1COC(C)(C)O1. The van der Waals surface area contributed by atoms with E-state index in [-0.39, 0.29) is 32.0 Å². The van der Waals surface area contributed by atoms with Crippen LogP contribution in [0.5, 0.6) is 0 Å². The summed E-state index contributed by atoms with van der Waals surface area (Å²) in [6, 6.07) is -2.28. The van der Waals surface area contributed by atoms with Gasteiger partial charge in [0.1, 0.15) is 29.5 Å². The van der Waals surface area contributed by atoms with Gasteiger partial charge >= 0.3 is 18.2 Å². The molecule has 0 saturated carbocycles. The van der Waals surface area contributed by atoms with Gasteiger partial charge in [0.15, 0.2) is 5.79 Å². The topological polar surface area (TPSA) is 213 Å². The molecule has 0 bridgehead atoms. The number of aliphatic imine (C=N–C) groups is 1. The van der Waals surface area contributed by atoms with Crippen molar-refractivity contribution in [1.82, 2.24) is 16.0 Å². The molecule has 5 N–H and O–H groups in total. The van der Waals surface area contributed by atoms with E-state index >= 15 is 0 Å². The van der Waals surface area contributed by atoms with Gasteiger partial charge < -0.3 is 49.3 Å². The van der Waals surface area contributed by atoms with E-state index in [2.05, 4.69) is 20.9 Å². The molecule has 2 heterocycles. The maximum Gasteiger partial charge on any atom is 0.437 e. The minimum Gasteiger partial charge on any atom is -0.478 e. The van der Waals surface area contributed by atoms with Gasteiger partial charge in [0.25, 0.3) is 0 Å². The molecule has 0 aromatic rings. The largest absolute Gasteiger partial charge is 0.478 e. The zero-order valence-corrected chi connectivity index (χ0v) is 26.7. The predicted octanol–water partition coefficient (Wildman–Crippen LogP) is 0.986. The minimum absolute atomic E-state index is 0.0234. The summed E-state index contributed by atoms with van der Waals surface area (Å²) in [5.74, 6) is -3.29. The van der Waals surface area contributed by atoms with Crippen molar-refractivity contribution in [1.29, 1.82) is 0 Å². The zero-order valence-electron chi connectivity index (χ0n) is 26.7. The molecule has 1 fully saturated rings. The monoisotopic (exact) mass is 630 g/mol. The van der Waals surface area contributed by atoms with E-state index in [1.54, 1.807) is 55.4 Å². The van der Waals surface area contributed by atoms with Crippen LogP contribution >= 0.6 is 0 Å². The first kappa shape index (κ1) is 36.7. The van der Waals surface area contributed by atoms with Crippen LogP contribution in [0.2, 0.25) is 0 Å². The van der Waals surface area contributed by atoms with Gasteiger partial charge in [-0.05, 0) is 61.5 Å². The molecule has 5 unspecified atom stereocenters. The fourth-order valence-corrected chi connectivity index (χ4v) is 4.09. The summed E-state index contributed by atoms with van der Waals surface area (Å²) in [7, 11) is 0. The van der Waals surface area contributed by atoms with E-state index in [1.165, 1.54) is 13.0 Å². The second kappa shape index (κ2) is 15.0. The number of aliphatic hydroxyl groups excluding tert-OH is 2. The molecule has 0 aromatic heterocycles. The third kappa shape index (κ3) is 12.3. The Kier molecular flexibility index (Phi) is 12.5. The van der Waals surface area contributed by atoms with Gasteiger partial charge in [0.2, 0.25) is 17.6 Å². The Bertz CT molecular complexity index is 1110. The maximum absolute atomic E-state index is 13.0. The molecule has 2 aliphatic heterocycles. The molecule has 2 rings (SSSR count). The Labute approximate surface area is 256 Å². The molecule has 0 aromatic carbocycles. The Morgan fingerprint density at radius 1 is 1.09 bits per heavy atom. The number of aliphatic hydroxyl groups is 2. The summed E-state index contributed by atoms with van der Waals surface area (Å²) in [5.41, 5.74) is -1.83. The molecule has 5 atom stereocenters. The quantitative estimate of drug-likeness (QED) is 0.0833. The van der Waals surface area contributed by atoms with Gasteiger partial charge in [0, 0.05) is 20.0 Å². The van der Waals surface area contributed by atoms with Crippen molar-refractivity contribution in [3.63, 3.8) is 0 Å². The van der Waals surface area contributed by atoms with Gasteiger partial charge in [-0.3, -0.25) is 10.1 Å². The Balaban J connectivity index is 2.55. The molecule has 0 aliphatic carbocycles. The number of hydrogen-bond acceptors (Lipinski definition) is 12. The van der Waals surface area contributed by atoms with Crippen molar-refractivity contribution in [3.8, 4) is 0 Å². The van der Waals surface area contributed by atoms with Gasteiger partial charge in [-0.2, -0.15) is 0 Å². The van der Waals surface area contributed by atoms with Crippen LogP contribution in [0, 0.1) is 0 Å². The number of rotatable bonds is 8. The number of carbonyl (C=O) groups excluding carboxylic acids is 4. The van der Waals surface area contributed by atoms with Crippen LogP contribution < -0.4 is 16.0 Å². The molecular formula is C28H46N4O12. The third-order valence-corrected chi connectivity index (χ3v) is 5.71. The van der Waals surface area contributed by atoms with E-state index in [1.807, 2.05) is 0 Å². The normalized spacial score (nSPS) is 24.2. The van der Waals surface area contributed by atoms with Gasteiger partial charge in [-0.15, -0.1) is 4.99 Å². The molecule has 16 heteroatoms. The number of esters is 1. The van der Waals surface area contributed by atoms with Crippen molar-refractivity contribution in [3.05, 3.63) is 11.8 Å². The smallest absolute Gasteiger partial charge is 0.437 e. The summed E-state index contributed by atoms with van der Waals surface area (Å²) < 4.78 is 33.0. The first-order chi connectivity index (χ1) is 20.2. The van der Waals surface area contributed by atoms with Crippen LogP contribution in [0.3, 0.4) is 0 Å². The van der Waals surface area contributed by atoms with Crippen LogP contribution in [-0.2, 0) is 38.0 Å². The Morgan fingerprint density at radius 3 is 2.25 bits per heavy atom. The molecule has 16 nitrogen and oxygen atoms in total. The van der Waals surface area contributed by atoms with Crippen molar-refractivity contribution >= 4 is 30.0 Å². The second-order valence-electron chi connectivity index (χ2n) is 12.6. The number of hydrogen-bond donors (Lipinski definition) is 5. The predicted molar refractivity (Wildman–Crippen MR) is 154 cm³/mol. The number of amides is 3. The van der Waals surface area contributed by atoms with Crippen LogP contribution in [0.25, 0.3) is 0 Å². The molecule has 0 spiro atoms. The Morgan fingerprint density at radius 2 is 1.73 bits per heavy atom. The Hall–Kier alpha value is -3.47. The lowest BCUT2D eigenvalue weighted by Gasteiger charge is -2.40. The standard InChI is InChI=1S/C28H46N4O12/c1-15(34)29-19-16(30-23(31-24(37)43-26(2,3)4)32-25(38)44-27(5,6)7)13-17(22(36)39-12-10-11-33)41-21(19)20(35)18-14-40-28(8,9)42-18/h13,16,18-21,33,35H,10-12,14H2,1-9H3,(H,29,34)(H2,30,31,32,37,38). The first-order valence-corrected chi connectivity index (χ1v) is 14.2. The van der Waals surface area contributed by atoms with Crippen LogP contribution in [0.1, 0.15) is 68.7 Å². The number of alkyl carbamates (subject to hydrolysis) is 1. The van der Waals surface area contributed by atoms with Crippen LogP contribution in [0.15, 0.2) is 16.8 Å². The maximum atomic E-state index is 13.0. The molecule has 1 saturated heterocycles. The van der Waals surface area contributed by atoms with E-state index in [0.717, 1.165) is 0 Å². The van der Waals surface area contributed by atoms with E-state index in [9.17, 15) is 24.3 Å². The molecule has 250 valence electrons. The number of nitrogens with one attached hydrogen (secondary N) is 3. The lowest BCUT2D eigenvalue weighted by atomic mass is 9.92. The third-order valence-electron chi connectivity index (χ3n) is 5.71. The van der Waals surface area contributed by atoms with Crippen molar-refractivity contribution in [2.75, 3.05) is 19.8 Å². The molecule has 3 amide bonds. The van der Waals surface area contributed by atoms with Gasteiger partial charge in [-0.1, -0.05) is 0 Å². The summed E-state index contributed by atoms with van der Waals surface area (Å²) in [4.78, 5) is 54.4. The highest BCUT2D eigenvalue weighted by Gasteiger charge is 2.48. The average Bonchev–Trinajstić information content (AvgIpc) is 3.21. The number of guanidine groups is 1. The summed E-state index contributed by atoms with van der Waals surface area (Å²) in [6.07, 6.45) is -4.36. The molecule has 2 aliphatic rings. The number of nitrogens with zero attached hydrogens (tertiary/aromatic N) is 1. The lowest BCUT2D eigenvalue weighted by Crippen LogP contribution is -2.64. The average molecular weight is 631 g/mol. The summed E-state index contributed by atoms with van der Waals surface area (Å²) in [5, 5.41) is 28.3. The number of ether oxygens (including phenoxy) is 6. The molecule has 0 radical (unpaired) electrons. The van der Waals surface area contributed by atoms with Crippen LogP contribution in [0.4, 0.5) is 9.59 Å². The van der Waals surface area contributed by atoms with Crippen LogP contribution in [-0.4, -0.2) is 107 Å². The van der Waals surface area contributed by atoms with Crippen molar-refractivity contribution in [2.24, 2.45) is 4.99 Å². The highest BCUT2D eigenvalue weighted by molar-refractivity contribution is 5.99. The first-order valence-electron chi connectivity index (χ1n) is 14.2. The van der Waals surface area contributed by atoms with Gasteiger partial charge in [0.05, 0.1) is 25.3 Å². The zero-order chi connectivity index (χ0) is 33.5. The van der Waals surface area contributed by atoms with E-state index in [0.29, 0.717) is 0 Å². The van der Waals surface area contributed by atoms with Crippen molar-refractivity contribution in [2.45, 2.75) is 116 Å². The molecular weight excluding hydrogens is 584 g/mol. The van der Waals surface area contributed by atoms with Crippen molar-refractivity contribution < 1.29 is 57.8 Å².